The van der Waals surface area contributed by atoms with Crippen LogP contribution >= 0.6 is 23.2 Å². The van der Waals surface area contributed by atoms with Crippen molar-refractivity contribution in [1.82, 2.24) is 0 Å². The molecule has 3 atom stereocenters. The molecule has 2 aromatic rings. The fourth-order valence-electron chi connectivity index (χ4n) is 3.87. The molecule has 2 rings (SSSR count). The topological polar surface area (TPSA) is 70.3 Å². The number of aliphatic carboxylic acids is 1. The maximum absolute atomic E-state index is 13.1. The molecular formula is C23H22Cl2FNO3. The molecule has 3 unspecified atom stereocenters. The molecule has 2 aromatic carbocycles. The summed E-state index contributed by atoms with van der Waals surface area (Å²) in [5.41, 5.74) is -1.00. The Morgan fingerprint density at radius 3 is 2.30 bits per heavy atom. The van der Waals surface area contributed by atoms with Crippen LogP contribution in [-0.2, 0) is 4.79 Å². The summed E-state index contributed by atoms with van der Waals surface area (Å²) in [5.74, 6) is -2.74. The highest BCUT2D eigenvalue weighted by atomic mass is 35.5. The third kappa shape index (κ3) is 4.95. The van der Waals surface area contributed by atoms with Gasteiger partial charge in [0.1, 0.15) is 21.8 Å². The van der Waals surface area contributed by atoms with Crippen molar-refractivity contribution in [1.29, 1.82) is 5.26 Å². The number of carbonyl (C=O) groups is 1. The first kappa shape index (κ1) is 23.7. The van der Waals surface area contributed by atoms with E-state index in [9.17, 15) is 19.6 Å². The molecule has 4 nitrogen and oxygen atoms in total. The van der Waals surface area contributed by atoms with E-state index < -0.39 is 29.1 Å². The van der Waals surface area contributed by atoms with Crippen molar-refractivity contribution < 1.29 is 19.0 Å². The van der Waals surface area contributed by atoms with Crippen LogP contribution in [0.2, 0.25) is 0 Å². The second-order valence-electron chi connectivity index (χ2n) is 7.33. The van der Waals surface area contributed by atoms with E-state index in [4.69, 9.17) is 27.9 Å². The van der Waals surface area contributed by atoms with Crippen molar-refractivity contribution in [3.63, 3.8) is 0 Å². The fourth-order valence-corrected chi connectivity index (χ4v) is 4.25. The minimum absolute atomic E-state index is 0.0566. The normalized spacial score (nSPS) is 14.9. The first-order chi connectivity index (χ1) is 14.1. The first-order valence-electron chi connectivity index (χ1n) is 9.32. The molecule has 1 N–H and O–H groups in total. The number of hydrogen-bond acceptors (Lipinski definition) is 3. The molecule has 30 heavy (non-hydrogen) atoms. The number of benzene rings is 2. The van der Waals surface area contributed by atoms with Crippen LogP contribution in [0.1, 0.15) is 32.3 Å². The summed E-state index contributed by atoms with van der Waals surface area (Å²) >= 11 is 11.6. The first-order valence-corrected chi connectivity index (χ1v) is 10.1. The molecule has 0 aliphatic carbocycles. The molecule has 0 heterocycles. The Hall–Kier alpha value is -2.55. The van der Waals surface area contributed by atoms with Crippen molar-refractivity contribution in [2.75, 3.05) is 0 Å². The van der Waals surface area contributed by atoms with Crippen LogP contribution < -0.4 is 4.74 Å². The summed E-state index contributed by atoms with van der Waals surface area (Å²) < 4.78 is 18.8. The quantitative estimate of drug-likeness (QED) is 0.475. The van der Waals surface area contributed by atoms with Gasteiger partial charge in [-0.2, -0.15) is 5.26 Å². The lowest BCUT2D eigenvalue weighted by molar-refractivity contribution is -0.155. The van der Waals surface area contributed by atoms with E-state index in [-0.39, 0.29) is 10.3 Å². The fraction of sp³-hybridized carbons (Fsp3) is 0.304. The highest BCUT2D eigenvalue weighted by molar-refractivity contribution is 6.55. The molecule has 7 heteroatoms. The third-order valence-electron chi connectivity index (χ3n) is 5.30. The van der Waals surface area contributed by atoms with Gasteiger partial charge in [-0.25, -0.2) is 4.39 Å². The smallest absolute Gasteiger partial charge is 0.312 e. The Morgan fingerprint density at radius 2 is 1.80 bits per heavy atom. The molecule has 0 spiro atoms. The van der Waals surface area contributed by atoms with E-state index in [1.54, 1.807) is 45.0 Å². The predicted octanol–water partition coefficient (Wildman–Crippen LogP) is 6.91. The van der Waals surface area contributed by atoms with E-state index >= 15 is 0 Å². The standard InChI is InChI=1S/C23H22Cl2FNO3/c1-14(2)23(22(28)29,15(3)11-21(24)25)20(13-27)16-5-4-6-19(12-16)30-18-9-7-17(26)8-10-18/h4-12,14-15,20H,1-3H3,(H,28,29). The lowest BCUT2D eigenvalue weighted by Gasteiger charge is -2.41. The van der Waals surface area contributed by atoms with Crippen LogP contribution in [0, 0.1) is 34.4 Å². The van der Waals surface area contributed by atoms with Gasteiger partial charge in [-0.05, 0) is 53.8 Å². The molecule has 0 fully saturated rings. The molecule has 0 radical (unpaired) electrons. The average molecular weight is 450 g/mol. The van der Waals surface area contributed by atoms with E-state index in [0.29, 0.717) is 17.1 Å². The molecule has 0 amide bonds. The van der Waals surface area contributed by atoms with Gasteiger partial charge < -0.3 is 9.84 Å². The summed E-state index contributed by atoms with van der Waals surface area (Å²) in [6, 6.07) is 14.3. The Kier molecular flexibility index (Phi) is 7.89. The second-order valence-corrected chi connectivity index (χ2v) is 8.34. The molecule has 0 saturated carbocycles. The summed E-state index contributed by atoms with van der Waals surface area (Å²) in [4.78, 5) is 12.5. The largest absolute Gasteiger partial charge is 0.481 e. The van der Waals surface area contributed by atoms with E-state index in [1.807, 2.05) is 0 Å². The Labute approximate surface area is 185 Å². The summed E-state index contributed by atoms with van der Waals surface area (Å²) in [7, 11) is 0. The van der Waals surface area contributed by atoms with E-state index in [1.165, 1.54) is 30.3 Å². The van der Waals surface area contributed by atoms with E-state index in [0.717, 1.165) is 0 Å². The van der Waals surface area contributed by atoms with Gasteiger partial charge in [-0.1, -0.05) is 62.2 Å². The number of rotatable bonds is 8. The van der Waals surface area contributed by atoms with Gasteiger partial charge in [0, 0.05) is 0 Å². The molecule has 0 aliphatic heterocycles. The number of carboxylic acid groups (broad SMARTS) is 1. The highest BCUT2D eigenvalue weighted by Crippen LogP contribution is 2.49. The minimum atomic E-state index is -1.49. The number of allylic oxidation sites excluding steroid dienone is 1. The Balaban J connectivity index is 2.54. The lowest BCUT2D eigenvalue weighted by atomic mass is 9.59. The maximum atomic E-state index is 13.1. The van der Waals surface area contributed by atoms with Gasteiger partial charge in [0.05, 0.1) is 17.4 Å². The Morgan fingerprint density at radius 1 is 1.17 bits per heavy atom. The third-order valence-corrected chi connectivity index (χ3v) is 5.55. The zero-order chi connectivity index (χ0) is 22.5. The monoisotopic (exact) mass is 449 g/mol. The lowest BCUT2D eigenvalue weighted by Crippen LogP contribution is -2.46. The van der Waals surface area contributed by atoms with Crippen LogP contribution in [-0.4, -0.2) is 11.1 Å². The average Bonchev–Trinajstić information content (AvgIpc) is 2.66. The number of halogens is 3. The number of carboxylic acids is 1. The minimum Gasteiger partial charge on any atom is -0.481 e. The summed E-state index contributed by atoms with van der Waals surface area (Å²) in [6.45, 7) is 5.19. The summed E-state index contributed by atoms with van der Waals surface area (Å²) in [5, 5.41) is 20.3. The van der Waals surface area contributed by atoms with Crippen molar-refractivity contribution in [3.8, 4) is 17.6 Å². The molecule has 0 aliphatic rings. The van der Waals surface area contributed by atoms with Crippen LogP contribution in [0.25, 0.3) is 0 Å². The molecule has 158 valence electrons. The summed E-state index contributed by atoms with van der Waals surface area (Å²) in [6.07, 6.45) is 1.44. The Bertz CT molecular complexity index is 965. The van der Waals surface area contributed by atoms with Crippen LogP contribution in [0.5, 0.6) is 11.5 Å². The van der Waals surface area contributed by atoms with Crippen molar-refractivity contribution in [3.05, 3.63) is 70.5 Å². The SMILES string of the molecule is CC(C)C(C(=O)O)(C(C)C=C(Cl)Cl)C(C#N)c1cccc(Oc2ccc(F)cc2)c1. The van der Waals surface area contributed by atoms with Crippen LogP contribution in [0.3, 0.4) is 0 Å². The highest BCUT2D eigenvalue weighted by Gasteiger charge is 2.53. The second kappa shape index (κ2) is 9.97. The zero-order valence-corrected chi connectivity index (χ0v) is 18.3. The number of nitrogens with zero attached hydrogens (tertiary/aromatic N) is 1. The molecule has 0 aromatic heterocycles. The predicted molar refractivity (Wildman–Crippen MR) is 115 cm³/mol. The molecule has 0 bridgehead atoms. The van der Waals surface area contributed by atoms with Gasteiger partial charge in [-0.15, -0.1) is 0 Å². The molecule has 0 saturated heterocycles. The van der Waals surface area contributed by atoms with Crippen LogP contribution in [0.4, 0.5) is 4.39 Å². The number of hydrogen-bond donors (Lipinski definition) is 1. The van der Waals surface area contributed by atoms with E-state index in [2.05, 4.69) is 6.07 Å². The maximum Gasteiger partial charge on any atom is 0.312 e. The van der Waals surface area contributed by atoms with Crippen molar-refractivity contribution in [2.45, 2.75) is 26.7 Å². The van der Waals surface area contributed by atoms with Gasteiger partial charge in [-0.3, -0.25) is 4.79 Å². The number of ether oxygens (including phenoxy) is 1. The molecular weight excluding hydrogens is 428 g/mol. The zero-order valence-electron chi connectivity index (χ0n) is 16.8. The van der Waals surface area contributed by atoms with Crippen molar-refractivity contribution >= 4 is 29.2 Å². The van der Waals surface area contributed by atoms with Crippen molar-refractivity contribution in [2.24, 2.45) is 17.3 Å². The van der Waals surface area contributed by atoms with Gasteiger partial charge in [0.15, 0.2) is 0 Å². The van der Waals surface area contributed by atoms with Gasteiger partial charge in [0.2, 0.25) is 0 Å². The number of nitriles is 1. The van der Waals surface area contributed by atoms with Gasteiger partial charge in [0.25, 0.3) is 0 Å². The van der Waals surface area contributed by atoms with Crippen LogP contribution in [0.15, 0.2) is 59.1 Å². The van der Waals surface area contributed by atoms with Gasteiger partial charge >= 0.3 is 5.97 Å².